The largest absolute Gasteiger partial charge is 0.507 e. The van der Waals surface area contributed by atoms with Crippen molar-refractivity contribution in [1.29, 1.82) is 0 Å². The number of hydrogen-bond donors (Lipinski definition) is 3. The molecule has 86 valence electrons. The van der Waals surface area contributed by atoms with Crippen molar-refractivity contribution in [1.82, 2.24) is 0 Å². The molecular weight excluding hydrogens is 214 g/mol. The van der Waals surface area contributed by atoms with Crippen LogP contribution in [0.1, 0.15) is 5.56 Å². The lowest BCUT2D eigenvalue weighted by Gasteiger charge is -2.03. The van der Waals surface area contributed by atoms with Crippen LogP contribution in [-0.2, 0) is 0 Å². The Bertz CT molecular complexity index is 537. The maximum absolute atomic E-state index is 9.82. The quantitative estimate of drug-likeness (QED) is 0.537. The van der Waals surface area contributed by atoms with E-state index in [4.69, 9.17) is 5.73 Å². The van der Waals surface area contributed by atoms with Gasteiger partial charge in [0.1, 0.15) is 11.5 Å². The SMILES string of the molecule is Nc1ccc(C(O)=CC=C2C=CC=C2)c(O)c1. The highest BCUT2D eigenvalue weighted by Crippen LogP contribution is 2.25. The Balaban J connectivity index is 2.27. The summed E-state index contributed by atoms with van der Waals surface area (Å²) in [5.74, 6) is -0.0293. The van der Waals surface area contributed by atoms with Gasteiger partial charge in [-0.25, -0.2) is 0 Å². The second-order valence-electron chi connectivity index (χ2n) is 3.71. The van der Waals surface area contributed by atoms with E-state index in [0.717, 1.165) is 5.57 Å². The fourth-order valence-corrected chi connectivity index (χ4v) is 1.53. The van der Waals surface area contributed by atoms with Gasteiger partial charge in [0.25, 0.3) is 0 Å². The summed E-state index contributed by atoms with van der Waals surface area (Å²) in [6.07, 6.45) is 11.0. The minimum atomic E-state index is -0.0327. The van der Waals surface area contributed by atoms with Crippen LogP contribution < -0.4 is 5.73 Å². The topological polar surface area (TPSA) is 66.5 Å². The van der Waals surface area contributed by atoms with Gasteiger partial charge in [0.15, 0.2) is 0 Å². The number of aliphatic hydroxyl groups is 1. The molecule has 3 nitrogen and oxygen atoms in total. The molecule has 0 amide bonds. The van der Waals surface area contributed by atoms with E-state index in [9.17, 15) is 10.2 Å². The van der Waals surface area contributed by atoms with Gasteiger partial charge in [-0.15, -0.1) is 0 Å². The molecule has 1 aliphatic carbocycles. The summed E-state index contributed by atoms with van der Waals surface area (Å²) in [6.45, 7) is 0. The first kappa shape index (κ1) is 11.1. The number of hydrogen-bond acceptors (Lipinski definition) is 3. The number of phenols is 1. The molecule has 1 aromatic carbocycles. The maximum Gasteiger partial charge on any atom is 0.128 e. The Labute approximate surface area is 99.5 Å². The number of aromatic hydroxyl groups is 1. The van der Waals surface area contributed by atoms with Gasteiger partial charge in [-0.1, -0.05) is 30.4 Å². The molecule has 0 aromatic heterocycles. The van der Waals surface area contributed by atoms with Gasteiger partial charge in [-0.3, -0.25) is 0 Å². The first-order valence-electron chi connectivity index (χ1n) is 5.21. The zero-order chi connectivity index (χ0) is 12.3. The van der Waals surface area contributed by atoms with Gasteiger partial charge in [0, 0.05) is 11.8 Å². The van der Waals surface area contributed by atoms with E-state index >= 15 is 0 Å². The summed E-state index contributed by atoms with van der Waals surface area (Å²) in [5.41, 5.74) is 7.32. The Morgan fingerprint density at radius 3 is 2.53 bits per heavy atom. The highest BCUT2D eigenvalue weighted by molar-refractivity contribution is 5.68. The van der Waals surface area contributed by atoms with E-state index in [1.165, 1.54) is 6.07 Å². The standard InChI is InChI=1S/C14H13NO2/c15-11-6-7-12(14(17)9-11)13(16)8-5-10-3-1-2-4-10/h1-9,16-17H,15H2. The number of nitrogens with two attached hydrogens (primary N) is 1. The van der Waals surface area contributed by atoms with E-state index in [1.807, 2.05) is 24.3 Å². The molecular formula is C14H13NO2. The van der Waals surface area contributed by atoms with Crippen LogP contribution in [0.5, 0.6) is 5.75 Å². The normalized spacial score (nSPS) is 14.4. The Morgan fingerprint density at radius 1 is 1.18 bits per heavy atom. The van der Waals surface area contributed by atoms with Crippen LogP contribution in [0.2, 0.25) is 0 Å². The third-order valence-electron chi connectivity index (χ3n) is 2.42. The maximum atomic E-state index is 9.82. The number of benzene rings is 1. The van der Waals surface area contributed by atoms with Crippen molar-refractivity contribution in [3.8, 4) is 5.75 Å². The van der Waals surface area contributed by atoms with Crippen LogP contribution in [0.25, 0.3) is 5.76 Å². The first-order valence-corrected chi connectivity index (χ1v) is 5.21. The predicted molar refractivity (Wildman–Crippen MR) is 69.5 cm³/mol. The van der Waals surface area contributed by atoms with Gasteiger partial charge in [-0.05, 0) is 23.8 Å². The average Bonchev–Trinajstić information content (AvgIpc) is 2.78. The van der Waals surface area contributed by atoms with Crippen molar-refractivity contribution >= 4 is 11.4 Å². The zero-order valence-corrected chi connectivity index (χ0v) is 9.17. The molecule has 0 radical (unpaired) electrons. The van der Waals surface area contributed by atoms with Gasteiger partial charge >= 0.3 is 0 Å². The molecule has 0 atom stereocenters. The fourth-order valence-electron chi connectivity index (χ4n) is 1.53. The number of nitrogen functional groups attached to an aromatic ring is 1. The Kier molecular flexibility index (Phi) is 3.01. The summed E-state index contributed by atoms with van der Waals surface area (Å²) in [7, 11) is 0. The van der Waals surface area contributed by atoms with Crippen LogP contribution >= 0.6 is 0 Å². The number of anilines is 1. The second kappa shape index (κ2) is 4.61. The fraction of sp³-hybridized carbons (Fsp3) is 0. The molecule has 3 heteroatoms. The van der Waals surface area contributed by atoms with Gasteiger partial charge in [0.2, 0.25) is 0 Å². The van der Waals surface area contributed by atoms with E-state index < -0.39 is 0 Å². The molecule has 0 aliphatic heterocycles. The van der Waals surface area contributed by atoms with Crippen molar-refractivity contribution in [2.24, 2.45) is 0 Å². The number of phenolic OH excluding ortho intramolecular Hbond substituents is 1. The lowest BCUT2D eigenvalue weighted by Crippen LogP contribution is -1.88. The van der Waals surface area contributed by atoms with Crippen LogP contribution in [0.3, 0.4) is 0 Å². The molecule has 0 fully saturated rings. The minimum Gasteiger partial charge on any atom is -0.507 e. The lowest BCUT2D eigenvalue weighted by molar-refractivity contribution is 0.460. The van der Waals surface area contributed by atoms with Gasteiger partial charge in [-0.2, -0.15) is 0 Å². The van der Waals surface area contributed by atoms with Crippen molar-refractivity contribution in [2.45, 2.75) is 0 Å². The monoisotopic (exact) mass is 227 g/mol. The summed E-state index contributed by atoms with van der Waals surface area (Å²) in [5, 5.41) is 19.4. The zero-order valence-electron chi connectivity index (χ0n) is 9.17. The summed E-state index contributed by atoms with van der Waals surface area (Å²) < 4.78 is 0. The second-order valence-corrected chi connectivity index (χ2v) is 3.71. The summed E-state index contributed by atoms with van der Waals surface area (Å²) in [6, 6.07) is 4.61. The molecule has 0 spiro atoms. The molecule has 1 aliphatic rings. The van der Waals surface area contributed by atoms with Crippen LogP contribution in [0.4, 0.5) is 5.69 Å². The minimum absolute atomic E-state index is 0.00343. The van der Waals surface area contributed by atoms with E-state index in [0.29, 0.717) is 11.3 Å². The highest BCUT2D eigenvalue weighted by atomic mass is 16.3. The van der Waals surface area contributed by atoms with E-state index in [1.54, 1.807) is 24.3 Å². The molecule has 0 unspecified atom stereocenters. The van der Waals surface area contributed by atoms with Crippen molar-refractivity contribution in [3.05, 3.63) is 65.8 Å². The van der Waals surface area contributed by atoms with Gasteiger partial charge < -0.3 is 15.9 Å². The third-order valence-corrected chi connectivity index (χ3v) is 2.42. The number of aliphatic hydroxyl groups excluding tert-OH is 1. The molecule has 0 saturated heterocycles. The van der Waals surface area contributed by atoms with Crippen LogP contribution in [0, 0.1) is 0 Å². The van der Waals surface area contributed by atoms with E-state index in [-0.39, 0.29) is 11.5 Å². The van der Waals surface area contributed by atoms with Crippen LogP contribution in [-0.4, -0.2) is 10.2 Å². The van der Waals surface area contributed by atoms with Crippen molar-refractivity contribution in [3.63, 3.8) is 0 Å². The van der Waals surface area contributed by atoms with Crippen LogP contribution in [0.15, 0.2) is 60.2 Å². The molecule has 0 saturated carbocycles. The Hall–Kier alpha value is -2.42. The molecule has 1 aromatic rings. The smallest absolute Gasteiger partial charge is 0.128 e. The number of allylic oxidation sites excluding steroid dienone is 7. The number of rotatable bonds is 2. The average molecular weight is 227 g/mol. The summed E-state index contributed by atoms with van der Waals surface area (Å²) >= 11 is 0. The molecule has 2 rings (SSSR count). The van der Waals surface area contributed by atoms with E-state index in [2.05, 4.69) is 0 Å². The first-order chi connectivity index (χ1) is 8.16. The molecule has 0 bridgehead atoms. The predicted octanol–water partition coefficient (Wildman–Crippen LogP) is 2.93. The third kappa shape index (κ3) is 2.58. The Morgan fingerprint density at radius 2 is 1.88 bits per heavy atom. The molecule has 17 heavy (non-hydrogen) atoms. The van der Waals surface area contributed by atoms with Gasteiger partial charge in [0.05, 0.1) is 5.56 Å². The highest BCUT2D eigenvalue weighted by Gasteiger charge is 2.05. The van der Waals surface area contributed by atoms with Crippen molar-refractivity contribution < 1.29 is 10.2 Å². The molecule has 4 N–H and O–H groups in total. The molecule has 0 heterocycles. The van der Waals surface area contributed by atoms with Crippen molar-refractivity contribution in [2.75, 3.05) is 5.73 Å². The summed E-state index contributed by atoms with van der Waals surface area (Å²) in [4.78, 5) is 0. The lowest BCUT2D eigenvalue weighted by atomic mass is 10.1.